The van der Waals surface area contributed by atoms with Gasteiger partial charge in [0.1, 0.15) is 29.8 Å². The van der Waals surface area contributed by atoms with Gasteiger partial charge in [-0.2, -0.15) is 18.4 Å². The standard InChI is InChI=1S/C45H47F4N7O5S/c1-26-23-53(24-27(2)54(26)25-35(57)18-29-14-28(16-32(46)17-29)15-31-6-9-40(58)52-41(31)59)12-13-61-39-8-7-33(19-36(39)30-4-5-30)56-43(62)55(42(60)44(56)10-3-11-44)34-20-37(45(47,48)49)38(21-50)51-22-34/h7-8,14,16-17,19-20,22,26-27,30-31H,3-6,9-13,15,18,23-25H2,1-2H3,(H,52,58,59)/t26-,27+,31?. The van der Waals surface area contributed by atoms with Crippen molar-refractivity contribution >= 4 is 52.2 Å². The molecule has 3 saturated heterocycles. The van der Waals surface area contributed by atoms with E-state index in [-0.39, 0.29) is 65.8 Å². The number of carbonyl (C=O) groups excluding carboxylic acids is 4. The first-order valence-corrected chi connectivity index (χ1v) is 21.5. The zero-order valence-corrected chi connectivity index (χ0v) is 35.3. The third-order valence-electron chi connectivity index (χ3n) is 12.9. The Kier molecular flexibility index (Phi) is 12.0. The fourth-order valence-electron chi connectivity index (χ4n) is 9.50. The summed E-state index contributed by atoms with van der Waals surface area (Å²) in [5, 5.41) is 11.7. The SMILES string of the molecule is C[C@@H]1CN(CCOc2ccc(N3C(=S)N(c4cnc(C#N)c(C(F)(F)F)c4)C(=O)C34CCC4)cc2C2CC2)C[C@H](C)N1CC(=O)Cc1cc(F)cc(CC2CCC(=O)NC2=O)c1. The number of hydrogen-bond donors (Lipinski definition) is 1. The van der Waals surface area contributed by atoms with Gasteiger partial charge in [0.15, 0.2) is 16.6 Å². The molecule has 2 aliphatic carbocycles. The van der Waals surface area contributed by atoms with Gasteiger partial charge in [0.2, 0.25) is 11.8 Å². The predicted octanol–water partition coefficient (Wildman–Crippen LogP) is 6.23. The number of anilines is 2. The third kappa shape index (κ3) is 8.69. The van der Waals surface area contributed by atoms with Crippen LogP contribution in [0.4, 0.5) is 28.9 Å². The Morgan fingerprint density at radius 3 is 2.39 bits per heavy atom. The normalized spacial score (nSPS) is 23.1. The van der Waals surface area contributed by atoms with E-state index in [2.05, 4.69) is 33.9 Å². The summed E-state index contributed by atoms with van der Waals surface area (Å²) in [5.74, 6) is -1.02. The lowest BCUT2D eigenvalue weighted by Gasteiger charge is -2.44. The van der Waals surface area contributed by atoms with Crippen LogP contribution >= 0.6 is 12.2 Å². The Labute approximate surface area is 362 Å². The van der Waals surface area contributed by atoms with Crippen molar-refractivity contribution in [2.24, 2.45) is 5.92 Å². The number of pyridine rings is 1. The average Bonchev–Trinajstić information content (AvgIpc) is 4.01. The predicted molar refractivity (Wildman–Crippen MR) is 224 cm³/mol. The molecule has 0 radical (unpaired) electrons. The maximum Gasteiger partial charge on any atom is 0.419 e. The number of ether oxygens (including phenoxy) is 1. The molecule has 62 heavy (non-hydrogen) atoms. The molecule has 2 saturated carbocycles. The second-order valence-corrected chi connectivity index (χ2v) is 17.7. The Morgan fingerprint density at radius 1 is 1.02 bits per heavy atom. The molecule has 5 fully saturated rings. The molecule has 3 aromatic rings. The molecule has 0 bridgehead atoms. The van der Waals surface area contributed by atoms with Gasteiger partial charge in [0.25, 0.3) is 5.91 Å². The van der Waals surface area contributed by atoms with Crippen molar-refractivity contribution < 1.29 is 41.5 Å². The number of aromatic nitrogens is 1. The highest BCUT2D eigenvalue weighted by molar-refractivity contribution is 7.81. The van der Waals surface area contributed by atoms with E-state index in [1.165, 1.54) is 18.2 Å². The van der Waals surface area contributed by atoms with Crippen LogP contribution in [-0.2, 0) is 38.2 Å². The number of halogens is 4. The summed E-state index contributed by atoms with van der Waals surface area (Å²) in [4.78, 5) is 62.3. The highest BCUT2D eigenvalue weighted by Crippen LogP contribution is 2.51. The molecule has 4 heterocycles. The molecule has 3 atom stereocenters. The van der Waals surface area contributed by atoms with Gasteiger partial charge in [-0.15, -0.1) is 0 Å². The fourth-order valence-corrected chi connectivity index (χ4v) is 9.96. The molecule has 3 aliphatic heterocycles. The number of rotatable bonds is 13. The molecule has 1 N–H and O–H groups in total. The number of nitrogens with one attached hydrogen (secondary N) is 1. The van der Waals surface area contributed by atoms with Crippen molar-refractivity contribution in [3.05, 3.63) is 82.4 Å². The van der Waals surface area contributed by atoms with Crippen LogP contribution in [0.3, 0.4) is 0 Å². The van der Waals surface area contributed by atoms with Crippen LogP contribution in [0.5, 0.6) is 5.75 Å². The molecule has 1 aromatic heterocycles. The number of nitriles is 1. The van der Waals surface area contributed by atoms with Crippen LogP contribution < -0.4 is 19.9 Å². The van der Waals surface area contributed by atoms with E-state index in [0.717, 1.165) is 47.7 Å². The Morgan fingerprint density at radius 2 is 1.74 bits per heavy atom. The van der Waals surface area contributed by atoms with E-state index in [0.29, 0.717) is 68.7 Å². The number of hydrogen-bond acceptors (Lipinski definition) is 10. The minimum Gasteiger partial charge on any atom is -0.492 e. The van der Waals surface area contributed by atoms with Crippen LogP contribution in [0.2, 0.25) is 0 Å². The highest BCUT2D eigenvalue weighted by atomic mass is 32.1. The lowest BCUT2D eigenvalue weighted by molar-refractivity contribution is -0.138. The summed E-state index contributed by atoms with van der Waals surface area (Å²) in [6.07, 6.45) is 0.890. The summed E-state index contributed by atoms with van der Waals surface area (Å²) in [6.45, 7) is 6.85. The van der Waals surface area contributed by atoms with Gasteiger partial charge in [-0.25, -0.2) is 9.37 Å². The minimum absolute atomic E-state index is 0.0362. The van der Waals surface area contributed by atoms with Gasteiger partial charge in [-0.05, 0) is 130 Å². The average molecular weight is 874 g/mol. The van der Waals surface area contributed by atoms with Crippen LogP contribution in [0, 0.1) is 23.1 Å². The number of thiocarbonyl (C=S) groups is 1. The Hall–Kier alpha value is -5.31. The van der Waals surface area contributed by atoms with Gasteiger partial charge in [0, 0.05) is 56.2 Å². The molecular formula is C45H47F4N7O5S. The number of benzene rings is 2. The molecule has 3 amide bonds. The number of nitrogens with zero attached hydrogens (tertiary/aromatic N) is 6. The zero-order chi connectivity index (χ0) is 44.1. The van der Waals surface area contributed by atoms with E-state index in [9.17, 15) is 42.0 Å². The molecule has 12 nitrogen and oxygen atoms in total. The van der Waals surface area contributed by atoms with Gasteiger partial charge in [-0.3, -0.25) is 39.2 Å². The number of carbonyl (C=O) groups is 4. The molecule has 2 aromatic carbocycles. The number of imide groups is 1. The molecule has 8 rings (SSSR count). The molecule has 326 valence electrons. The van der Waals surface area contributed by atoms with Crippen molar-refractivity contribution in [2.45, 2.75) is 101 Å². The number of ketones is 1. The van der Waals surface area contributed by atoms with Crippen molar-refractivity contribution in [2.75, 3.05) is 42.6 Å². The quantitative estimate of drug-likeness (QED) is 0.119. The maximum atomic E-state index is 14.6. The minimum atomic E-state index is -4.85. The summed E-state index contributed by atoms with van der Waals surface area (Å²) < 4.78 is 62.7. The Balaban J connectivity index is 0.881. The third-order valence-corrected chi connectivity index (χ3v) is 13.2. The van der Waals surface area contributed by atoms with Crippen LogP contribution in [0.25, 0.3) is 0 Å². The fraction of sp³-hybridized carbons (Fsp3) is 0.489. The number of amides is 3. The second kappa shape index (κ2) is 17.1. The van der Waals surface area contributed by atoms with Crippen LogP contribution in [0.1, 0.15) is 92.7 Å². The monoisotopic (exact) mass is 873 g/mol. The van der Waals surface area contributed by atoms with Crippen molar-refractivity contribution in [1.82, 2.24) is 20.1 Å². The highest BCUT2D eigenvalue weighted by Gasteiger charge is 2.60. The largest absolute Gasteiger partial charge is 0.492 e. The van der Waals surface area contributed by atoms with Crippen molar-refractivity contribution in [1.29, 1.82) is 5.26 Å². The molecule has 1 unspecified atom stereocenters. The smallest absolute Gasteiger partial charge is 0.419 e. The zero-order valence-electron chi connectivity index (χ0n) is 34.5. The summed E-state index contributed by atoms with van der Waals surface area (Å²) in [6, 6.07) is 12.6. The number of piperazine rings is 1. The van der Waals surface area contributed by atoms with Crippen molar-refractivity contribution in [3.8, 4) is 11.8 Å². The van der Waals surface area contributed by atoms with E-state index >= 15 is 0 Å². The summed E-state index contributed by atoms with van der Waals surface area (Å²) >= 11 is 5.84. The van der Waals surface area contributed by atoms with Gasteiger partial charge in [0.05, 0.1) is 24.0 Å². The first-order valence-electron chi connectivity index (χ1n) is 21.1. The second-order valence-electron chi connectivity index (χ2n) is 17.4. The number of Topliss-reactive ketones (excluding diaryl/α,β-unsaturated/α-hetero) is 1. The lowest BCUT2D eigenvalue weighted by Crippen LogP contribution is -2.58. The molecule has 5 aliphatic rings. The lowest BCUT2D eigenvalue weighted by atomic mass is 9.75. The van der Waals surface area contributed by atoms with Crippen molar-refractivity contribution in [3.63, 3.8) is 0 Å². The first-order chi connectivity index (χ1) is 29.5. The number of piperidine rings is 1. The van der Waals surface area contributed by atoms with Crippen LogP contribution in [0.15, 0.2) is 48.7 Å². The molecule has 1 spiro atoms. The summed E-state index contributed by atoms with van der Waals surface area (Å²) in [5.41, 5.74) is -0.363. The maximum absolute atomic E-state index is 14.6. The molecule has 17 heteroatoms. The Bertz CT molecular complexity index is 2350. The van der Waals surface area contributed by atoms with E-state index in [1.54, 1.807) is 11.0 Å². The van der Waals surface area contributed by atoms with Gasteiger partial charge >= 0.3 is 6.18 Å². The van der Waals surface area contributed by atoms with Gasteiger partial charge < -0.3 is 9.64 Å². The topological polar surface area (TPSA) is 139 Å². The number of alkyl halides is 3. The summed E-state index contributed by atoms with van der Waals surface area (Å²) in [7, 11) is 0. The van der Waals surface area contributed by atoms with E-state index in [4.69, 9.17) is 17.0 Å². The first kappa shape index (κ1) is 43.3. The van der Waals surface area contributed by atoms with E-state index < -0.39 is 40.6 Å². The molecular weight excluding hydrogens is 827 g/mol. The van der Waals surface area contributed by atoms with Crippen LogP contribution in [-0.4, -0.2) is 93.8 Å². The van der Waals surface area contributed by atoms with E-state index in [1.807, 2.05) is 18.2 Å². The van der Waals surface area contributed by atoms with Gasteiger partial charge in [-0.1, -0.05) is 6.07 Å².